The fraction of sp³-hybridized carbons (Fsp3) is 0.400. The maximum atomic E-state index is 12.6. The van der Waals surface area contributed by atoms with Gasteiger partial charge in [-0.2, -0.15) is 0 Å². The van der Waals surface area contributed by atoms with Crippen LogP contribution < -0.4 is 14.2 Å². The minimum Gasteiger partial charge on any atom is -0.497 e. The molecule has 0 radical (unpaired) electrons. The highest BCUT2D eigenvalue weighted by molar-refractivity contribution is 7.89. The van der Waals surface area contributed by atoms with Crippen molar-refractivity contribution in [1.29, 1.82) is 0 Å². The zero-order valence-corrected chi connectivity index (χ0v) is 17.8. The van der Waals surface area contributed by atoms with Gasteiger partial charge in [-0.15, -0.1) is 12.4 Å². The van der Waals surface area contributed by atoms with E-state index in [1.54, 1.807) is 12.1 Å². The summed E-state index contributed by atoms with van der Waals surface area (Å²) in [5.74, 6) is 0.777. The smallest absolute Gasteiger partial charge is 0.244 e. The van der Waals surface area contributed by atoms with E-state index in [0.29, 0.717) is 18.0 Å². The Balaban J connectivity index is 0.00000280. The van der Waals surface area contributed by atoms with Gasteiger partial charge in [0, 0.05) is 25.7 Å². The van der Waals surface area contributed by atoms with E-state index in [2.05, 4.69) is 33.9 Å². The molecule has 0 unspecified atom stereocenters. The predicted molar refractivity (Wildman–Crippen MR) is 112 cm³/mol. The molecule has 1 aliphatic rings. The van der Waals surface area contributed by atoms with Gasteiger partial charge in [-0.3, -0.25) is 4.90 Å². The molecule has 2 aromatic rings. The van der Waals surface area contributed by atoms with Crippen molar-refractivity contribution in [3.05, 3.63) is 53.6 Å². The third kappa shape index (κ3) is 5.38. The van der Waals surface area contributed by atoms with Crippen LogP contribution in [-0.2, 0) is 23.0 Å². The van der Waals surface area contributed by atoms with Gasteiger partial charge in [-0.05, 0) is 42.6 Å². The number of ether oxygens (including phenoxy) is 2. The van der Waals surface area contributed by atoms with Crippen LogP contribution in [0.1, 0.15) is 17.5 Å². The number of fused-ring (bicyclic) bond motifs is 1. The second kappa shape index (κ2) is 10.1. The van der Waals surface area contributed by atoms with Gasteiger partial charge in [-0.25, -0.2) is 13.1 Å². The molecule has 8 heteroatoms. The van der Waals surface area contributed by atoms with E-state index in [4.69, 9.17) is 9.47 Å². The second-order valence-corrected chi connectivity index (χ2v) is 8.30. The Morgan fingerprint density at radius 1 is 1.07 bits per heavy atom. The minimum absolute atomic E-state index is 0. The summed E-state index contributed by atoms with van der Waals surface area (Å²) >= 11 is 0. The summed E-state index contributed by atoms with van der Waals surface area (Å²) in [6, 6.07) is 13.2. The van der Waals surface area contributed by atoms with Crippen molar-refractivity contribution in [2.45, 2.75) is 24.3 Å². The summed E-state index contributed by atoms with van der Waals surface area (Å²) in [6.45, 7) is 3.16. The summed E-state index contributed by atoms with van der Waals surface area (Å²) in [5.41, 5.74) is 2.78. The first kappa shape index (κ1) is 22.5. The van der Waals surface area contributed by atoms with E-state index >= 15 is 0 Å². The number of sulfonamides is 1. The van der Waals surface area contributed by atoms with Crippen molar-refractivity contribution in [2.24, 2.45) is 0 Å². The molecule has 0 atom stereocenters. The third-order valence-electron chi connectivity index (χ3n) is 4.81. The molecule has 28 heavy (non-hydrogen) atoms. The minimum atomic E-state index is -3.66. The van der Waals surface area contributed by atoms with Crippen LogP contribution in [0.15, 0.2) is 47.4 Å². The first-order valence-electron chi connectivity index (χ1n) is 9.04. The fourth-order valence-electron chi connectivity index (χ4n) is 3.33. The molecule has 1 aliphatic heterocycles. The Labute approximate surface area is 173 Å². The van der Waals surface area contributed by atoms with Gasteiger partial charge >= 0.3 is 0 Å². The summed E-state index contributed by atoms with van der Waals surface area (Å²) in [7, 11) is -0.705. The highest BCUT2D eigenvalue weighted by atomic mass is 35.5. The molecule has 0 aliphatic carbocycles. The summed E-state index contributed by atoms with van der Waals surface area (Å²) in [4.78, 5) is 2.46. The molecule has 1 heterocycles. The van der Waals surface area contributed by atoms with Gasteiger partial charge in [0.25, 0.3) is 0 Å². The quantitative estimate of drug-likeness (QED) is 0.657. The topological polar surface area (TPSA) is 67.9 Å². The van der Waals surface area contributed by atoms with Crippen LogP contribution in [0, 0.1) is 0 Å². The van der Waals surface area contributed by atoms with Crippen LogP contribution in [0.5, 0.6) is 11.5 Å². The molecule has 0 saturated heterocycles. The molecular weight excluding hydrogens is 400 g/mol. The summed E-state index contributed by atoms with van der Waals surface area (Å²) in [5, 5.41) is 0. The van der Waals surface area contributed by atoms with E-state index in [-0.39, 0.29) is 17.3 Å². The molecular formula is C20H27ClN2O4S. The van der Waals surface area contributed by atoms with Gasteiger partial charge in [0.2, 0.25) is 10.0 Å². The van der Waals surface area contributed by atoms with E-state index < -0.39 is 10.0 Å². The number of nitrogens with one attached hydrogen (secondary N) is 1. The zero-order chi connectivity index (χ0) is 19.3. The number of methoxy groups -OCH3 is 2. The van der Waals surface area contributed by atoms with Crippen molar-refractivity contribution in [2.75, 3.05) is 33.9 Å². The molecule has 0 aromatic heterocycles. The fourth-order valence-corrected chi connectivity index (χ4v) is 4.58. The zero-order valence-electron chi connectivity index (χ0n) is 16.2. The standard InChI is InChI=1S/C20H26N2O4S.ClH/c1-25-18-8-9-19(26-2)20(14-18)27(23,24)21-11-5-12-22-13-10-16-6-3-4-7-17(16)15-22;/h3-4,6-9,14,21H,5,10-13,15H2,1-2H3;1H. The monoisotopic (exact) mass is 426 g/mol. The molecule has 0 saturated carbocycles. The van der Waals surface area contributed by atoms with Crippen LogP contribution in [0.3, 0.4) is 0 Å². The molecule has 1 N–H and O–H groups in total. The SMILES string of the molecule is COc1ccc(OC)c(S(=O)(=O)NCCCN2CCc3ccccc3C2)c1.Cl. The highest BCUT2D eigenvalue weighted by Crippen LogP contribution is 2.28. The molecule has 2 aromatic carbocycles. The number of halogens is 1. The lowest BCUT2D eigenvalue weighted by Gasteiger charge is -2.28. The van der Waals surface area contributed by atoms with Crippen LogP contribution >= 0.6 is 12.4 Å². The molecule has 6 nitrogen and oxygen atoms in total. The van der Waals surface area contributed by atoms with Gasteiger partial charge in [-0.1, -0.05) is 24.3 Å². The lowest BCUT2D eigenvalue weighted by atomic mass is 10.00. The molecule has 0 bridgehead atoms. The highest BCUT2D eigenvalue weighted by Gasteiger charge is 2.20. The number of hydrogen-bond donors (Lipinski definition) is 1. The maximum absolute atomic E-state index is 12.6. The number of nitrogens with zero attached hydrogens (tertiary/aromatic N) is 1. The Bertz CT molecular complexity index is 890. The van der Waals surface area contributed by atoms with E-state index in [1.807, 2.05) is 0 Å². The molecule has 0 amide bonds. The van der Waals surface area contributed by atoms with E-state index in [9.17, 15) is 8.42 Å². The molecule has 0 fully saturated rings. The van der Waals surface area contributed by atoms with Crippen LogP contribution in [-0.4, -0.2) is 47.2 Å². The lowest BCUT2D eigenvalue weighted by molar-refractivity contribution is 0.251. The Morgan fingerprint density at radius 2 is 1.82 bits per heavy atom. The van der Waals surface area contributed by atoms with Crippen LogP contribution in [0.4, 0.5) is 0 Å². The molecule has 0 spiro atoms. The largest absolute Gasteiger partial charge is 0.497 e. The normalized spacial score (nSPS) is 14.1. The van der Waals surface area contributed by atoms with Crippen LogP contribution in [0.25, 0.3) is 0 Å². The number of rotatable bonds is 8. The number of hydrogen-bond acceptors (Lipinski definition) is 5. The average molecular weight is 427 g/mol. The van der Waals surface area contributed by atoms with Crippen molar-refractivity contribution in [1.82, 2.24) is 9.62 Å². The first-order chi connectivity index (χ1) is 13.0. The molecule has 3 rings (SSSR count). The second-order valence-electron chi connectivity index (χ2n) is 6.56. The van der Waals surface area contributed by atoms with E-state index in [1.165, 1.54) is 31.4 Å². The third-order valence-corrected chi connectivity index (χ3v) is 6.30. The Morgan fingerprint density at radius 3 is 2.54 bits per heavy atom. The van der Waals surface area contributed by atoms with Gasteiger partial charge in [0.1, 0.15) is 16.4 Å². The van der Waals surface area contributed by atoms with Crippen molar-refractivity contribution in [3.8, 4) is 11.5 Å². The van der Waals surface area contributed by atoms with Gasteiger partial charge in [0.05, 0.1) is 14.2 Å². The van der Waals surface area contributed by atoms with Crippen LogP contribution in [0.2, 0.25) is 0 Å². The first-order valence-corrected chi connectivity index (χ1v) is 10.5. The van der Waals surface area contributed by atoms with Gasteiger partial charge < -0.3 is 9.47 Å². The Hall–Kier alpha value is -1.80. The van der Waals surface area contributed by atoms with E-state index in [0.717, 1.165) is 32.5 Å². The molecule has 154 valence electrons. The summed E-state index contributed by atoms with van der Waals surface area (Å²) < 4.78 is 38.3. The Kier molecular flexibility index (Phi) is 8.12. The van der Waals surface area contributed by atoms with Gasteiger partial charge in [0.15, 0.2) is 0 Å². The lowest BCUT2D eigenvalue weighted by Crippen LogP contribution is -2.33. The maximum Gasteiger partial charge on any atom is 0.244 e. The predicted octanol–water partition coefficient (Wildman–Crippen LogP) is 2.85. The van der Waals surface area contributed by atoms with Crippen molar-refractivity contribution in [3.63, 3.8) is 0 Å². The number of benzene rings is 2. The average Bonchev–Trinajstić information content (AvgIpc) is 2.70. The van der Waals surface area contributed by atoms with Crippen molar-refractivity contribution < 1.29 is 17.9 Å². The van der Waals surface area contributed by atoms with Crippen molar-refractivity contribution >= 4 is 22.4 Å². The summed E-state index contributed by atoms with van der Waals surface area (Å²) in [6.07, 6.45) is 1.79.